The molecule has 30 heavy (non-hydrogen) atoms. The lowest BCUT2D eigenvalue weighted by molar-refractivity contribution is -0.111. The van der Waals surface area contributed by atoms with E-state index < -0.39 is 0 Å². The first-order chi connectivity index (χ1) is 14.1. The maximum Gasteiger partial charge on any atom is 0.248 e. The quantitative estimate of drug-likeness (QED) is 0.458. The van der Waals surface area contributed by atoms with Crippen LogP contribution in [0.3, 0.4) is 0 Å². The molecule has 4 nitrogen and oxygen atoms in total. The first kappa shape index (κ1) is 23.8. The fourth-order valence-corrected chi connectivity index (χ4v) is 3.48. The monoisotopic (exact) mass is 429 g/mol. The smallest absolute Gasteiger partial charge is 0.248 e. The van der Waals surface area contributed by atoms with Gasteiger partial charge in [-0.15, -0.1) is 0 Å². The van der Waals surface area contributed by atoms with Crippen molar-refractivity contribution in [2.45, 2.75) is 59.5 Å². The van der Waals surface area contributed by atoms with Crippen LogP contribution in [0.25, 0.3) is 6.08 Å². The second-order valence-electron chi connectivity index (χ2n) is 8.14. The zero-order chi connectivity index (χ0) is 22.4. The summed E-state index contributed by atoms with van der Waals surface area (Å²) < 4.78 is 11.1. The number of methoxy groups -OCH3 is 1. The van der Waals surface area contributed by atoms with E-state index in [4.69, 9.17) is 21.1 Å². The number of benzene rings is 2. The lowest BCUT2D eigenvalue weighted by atomic mass is 9.92. The Bertz CT molecular complexity index is 891. The van der Waals surface area contributed by atoms with E-state index in [9.17, 15) is 4.79 Å². The molecule has 0 spiro atoms. The van der Waals surface area contributed by atoms with Crippen molar-refractivity contribution in [3.05, 3.63) is 58.1 Å². The molecule has 2 aromatic carbocycles. The van der Waals surface area contributed by atoms with E-state index in [1.807, 2.05) is 19.9 Å². The van der Waals surface area contributed by atoms with Gasteiger partial charge in [0.1, 0.15) is 0 Å². The highest BCUT2D eigenvalue weighted by molar-refractivity contribution is 6.32. The van der Waals surface area contributed by atoms with Crippen LogP contribution in [0.5, 0.6) is 11.5 Å². The van der Waals surface area contributed by atoms with Crippen molar-refractivity contribution in [1.82, 2.24) is 0 Å². The van der Waals surface area contributed by atoms with Gasteiger partial charge in [-0.25, -0.2) is 0 Å². The van der Waals surface area contributed by atoms with Gasteiger partial charge in [-0.05, 0) is 60.6 Å². The molecule has 0 radical (unpaired) electrons. The molecule has 0 aromatic heterocycles. The molecule has 0 atom stereocenters. The maximum atomic E-state index is 12.7. The van der Waals surface area contributed by atoms with Gasteiger partial charge in [0.05, 0.1) is 18.2 Å². The fraction of sp³-hybridized carbons (Fsp3) is 0.400. The average molecular weight is 430 g/mol. The van der Waals surface area contributed by atoms with Crippen molar-refractivity contribution in [2.75, 3.05) is 12.4 Å². The second-order valence-corrected chi connectivity index (χ2v) is 8.55. The molecule has 0 unspecified atom stereocenters. The highest BCUT2D eigenvalue weighted by atomic mass is 35.5. The molecule has 5 heteroatoms. The van der Waals surface area contributed by atoms with E-state index in [1.54, 1.807) is 25.3 Å². The maximum absolute atomic E-state index is 12.7. The predicted molar refractivity (Wildman–Crippen MR) is 126 cm³/mol. The lowest BCUT2D eigenvalue weighted by Gasteiger charge is -2.19. The topological polar surface area (TPSA) is 47.6 Å². The highest BCUT2D eigenvalue weighted by Crippen LogP contribution is 2.37. The third kappa shape index (κ3) is 6.02. The average Bonchev–Trinajstić information content (AvgIpc) is 2.67. The fourth-order valence-electron chi connectivity index (χ4n) is 3.22. The molecular formula is C25H32ClNO3. The Morgan fingerprint density at radius 1 is 1.03 bits per heavy atom. The molecule has 2 aromatic rings. The molecule has 0 aliphatic rings. The van der Waals surface area contributed by atoms with E-state index in [2.05, 4.69) is 45.1 Å². The molecule has 0 bridgehead atoms. The number of rotatable bonds is 8. The summed E-state index contributed by atoms with van der Waals surface area (Å²) in [6.07, 6.45) is 3.20. The normalized spacial score (nSPS) is 11.6. The van der Waals surface area contributed by atoms with Crippen LogP contribution < -0.4 is 14.8 Å². The largest absolute Gasteiger partial charge is 0.493 e. The van der Waals surface area contributed by atoms with E-state index in [-0.39, 0.29) is 12.0 Å². The summed E-state index contributed by atoms with van der Waals surface area (Å²) in [4.78, 5) is 12.7. The molecule has 0 fully saturated rings. The van der Waals surface area contributed by atoms with Crippen LogP contribution in [0.1, 0.15) is 70.1 Å². The van der Waals surface area contributed by atoms with Gasteiger partial charge in [0, 0.05) is 11.8 Å². The minimum Gasteiger partial charge on any atom is -0.493 e. The van der Waals surface area contributed by atoms with Crippen LogP contribution in [-0.2, 0) is 4.79 Å². The van der Waals surface area contributed by atoms with Crippen LogP contribution in [-0.4, -0.2) is 19.1 Å². The number of carbonyl (C=O) groups excluding carboxylic acids is 1. The number of para-hydroxylation sites is 1. The van der Waals surface area contributed by atoms with Crippen LogP contribution in [0.4, 0.5) is 5.69 Å². The molecule has 162 valence electrons. The lowest BCUT2D eigenvalue weighted by Crippen LogP contribution is -2.13. The summed E-state index contributed by atoms with van der Waals surface area (Å²) in [5.74, 6) is 1.45. The number of hydrogen-bond donors (Lipinski definition) is 1. The molecule has 0 heterocycles. The number of ether oxygens (including phenoxy) is 2. The number of anilines is 1. The molecule has 0 aliphatic carbocycles. The first-order valence-electron chi connectivity index (χ1n) is 10.3. The summed E-state index contributed by atoms with van der Waals surface area (Å²) in [5, 5.41) is 3.52. The minimum atomic E-state index is -0.192. The van der Waals surface area contributed by atoms with Gasteiger partial charge in [-0.1, -0.05) is 57.5 Å². The third-order valence-electron chi connectivity index (χ3n) is 4.65. The van der Waals surface area contributed by atoms with Gasteiger partial charge < -0.3 is 14.8 Å². The van der Waals surface area contributed by atoms with Crippen molar-refractivity contribution < 1.29 is 14.3 Å². The Labute approximate surface area is 185 Å². The summed E-state index contributed by atoms with van der Waals surface area (Å²) >= 11 is 6.37. The summed E-state index contributed by atoms with van der Waals surface area (Å²) in [6, 6.07) is 9.73. The SMILES string of the molecule is COc1cc(C=CC(=O)Nc2c(C(C)C)cccc2C(C)C)cc(Cl)c1OC(C)C. The van der Waals surface area contributed by atoms with Gasteiger partial charge in [-0.3, -0.25) is 4.79 Å². The zero-order valence-corrected chi connectivity index (χ0v) is 19.6. The Morgan fingerprint density at radius 2 is 1.63 bits per heavy atom. The van der Waals surface area contributed by atoms with Crippen LogP contribution in [0.2, 0.25) is 5.02 Å². The number of hydrogen-bond acceptors (Lipinski definition) is 3. The highest BCUT2D eigenvalue weighted by Gasteiger charge is 2.16. The number of carbonyl (C=O) groups is 1. The van der Waals surface area contributed by atoms with Crippen LogP contribution >= 0.6 is 11.6 Å². The van der Waals surface area contributed by atoms with Gasteiger partial charge in [0.25, 0.3) is 0 Å². The first-order valence-corrected chi connectivity index (χ1v) is 10.7. The van der Waals surface area contributed by atoms with Crippen molar-refractivity contribution in [2.24, 2.45) is 0 Å². The van der Waals surface area contributed by atoms with Gasteiger partial charge in [0.15, 0.2) is 11.5 Å². The summed E-state index contributed by atoms with van der Waals surface area (Å²) in [6.45, 7) is 12.3. The predicted octanol–water partition coefficient (Wildman–Crippen LogP) is 7.03. The number of halogens is 1. The minimum absolute atomic E-state index is 0.0280. The zero-order valence-electron chi connectivity index (χ0n) is 18.9. The van der Waals surface area contributed by atoms with Gasteiger partial charge in [0.2, 0.25) is 5.91 Å². The summed E-state index contributed by atoms with van der Waals surface area (Å²) in [5.41, 5.74) is 3.91. The molecule has 1 amide bonds. The van der Waals surface area contributed by atoms with Crippen LogP contribution in [0.15, 0.2) is 36.4 Å². The molecule has 0 aliphatic heterocycles. The molecule has 0 saturated heterocycles. The standard InChI is InChI=1S/C25H32ClNO3/c1-15(2)19-9-8-10-20(16(3)4)24(19)27-23(28)12-11-18-13-21(26)25(30-17(5)6)22(14-18)29-7/h8-17H,1-7H3,(H,27,28). The molecule has 2 rings (SSSR count). The number of amides is 1. The van der Waals surface area contributed by atoms with E-state index >= 15 is 0 Å². The summed E-state index contributed by atoms with van der Waals surface area (Å²) in [7, 11) is 1.56. The third-order valence-corrected chi connectivity index (χ3v) is 4.93. The van der Waals surface area contributed by atoms with E-state index in [0.29, 0.717) is 28.4 Å². The van der Waals surface area contributed by atoms with Crippen LogP contribution in [0, 0.1) is 0 Å². The van der Waals surface area contributed by atoms with Gasteiger partial charge >= 0.3 is 0 Å². The van der Waals surface area contributed by atoms with Crippen molar-refractivity contribution in [1.29, 1.82) is 0 Å². The molecule has 1 N–H and O–H groups in total. The Kier molecular flexibility index (Phi) is 8.36. The van der Waals surface area contributed by atoms with E-state index in [1.165, 1.54) is 6.08 Å². The Morgan fingerprint density at radius 3 is 2.13 bits per heavy atom. The molecular weight excluding hydrogens is 398 g/mol. The number of nitrogens with one attached hydrogen (secondary N) is 1. The van der Waals surface area contributed by atoms with Gasteiger partial charge in [-0.2, -0.15) is 0 Å². The Hall–Kier alpha value is -2.46. The molecule has 0 saturated carbocycles. The van der Waals surface area contributed by atoms with Crippen molar-refractivity contribution >= 4 is 29.3 Å². The van der Waals surface area contributed by atoms with Crippen molar-refractivity contribution in [3.8, 4) is 11.5 Å². The second kappa shape index (κ2) is 10.5. The van der Waals surface area contributed by atoms with E-state index in [0.717, 1.165) is 22.4 Å². The Balaban J connectivity index is 2.29. The van der Waals surface area contributed by atoms with Crippen molar-refractivity contribution in [3.63, 3.8) is 0 Å².